The second-order valence-corrected chi connectivity index (χ2v) is 5.46. The van der Waals surface area contributed by atoms with Crippen LogP contribution in [0, 0.1) is 10.1 Å². The molecule has 23 heavy (non-hydrogen) atoms. The molecule has 0 radical (unpaired) electrons. The number of primary amides is 1. The molecule has 1 aromatic rings. The van der Waals surface area contributed by atoms with Gasteiger partial charge in [-0.25, -0.2) is 4.79 Å². The summed E-state index contributed by atoms with van der Waals surface area (Å²) < 4.78 is 4.87. The van der Waals surface area contributed by atoms with E-state index in [1.54, 1.807) is 6.07 Å². The summed E-state index contributed by atoms with van der Waals surface area (Å²) in [6, 6.07) is 4.20. The zero-order valence-corrected chi connectivity index (χ0v) is 12.9. The van der Waals surface area contributed by atoms with Crippen molar-refractivity contribution >= 4 is 23.3 Å². The summed E-state index contributed by atoms with van der Waals surface area (Å²) in [4.78, 5) is 35.6. The minimum absolute atomic E-state index is 0.0190. The molecule has 0 aliphatic carbocycles. The van der Waals surface area contributed by atoms with Crippen molar-refractivity contribution in [3.8, 4) is 0 Å². The van der Waals surface area contributed by atoms with Crippen molar-refractivity contribution in [2.45, 2.75) is 32.3 Å². The van der Waals surface area contributed by atoms with E-state index < -0.39 is 22.9 Å². The number of carbonyl (C=O) groups is 2. The van der Waals surface area contributed by atoms with Crippen LogP contribution in [0.25, 0.3) is 0 Å². The zero-order valence-electron chi connectivity index (χ0n) is 12.9. The molecule has 1 aromatic carbocycles. The molecule has 0 unspecified atom stereocenters. The first-order valence-corrected chi connectivity index (χ1v) is 7.44. The average molecular weight is 321 g/mol. The Hall–Kier alpha value is -2.64. The largest absolute Gasteiger partial charge is 0.449 e. The van der Waals surface area contributed by atoms with Gasteiger partial charge in [0.15, 0.2) is 6.10 Å². The number of hydrogen-bond donors (Lipinski definition) is 1. The number of hydrogen-bond acceptors (Lipinski definition) is 6. The number of nitrogens with zero attached hydrogens (tertiary/aromatic N) is 2. The minimum Gasteiger partial charge on any atom is -0.449 e. The third kappa shape index (κ3) is 3.97. The molecule has 0 spiro atoms. The van der Waals surface area contributed by atoms with Crippen molar-refractivity contribution in [3.63, 3.8) is 0 Å². The van der Waals surface area contributed by atoms with Gasteiger partial charge in [0.05, 0.1) is 10.5 Å². The van der Waals surface area contributed by atoms with Crippen LogP contribution in [-0.4, -0.2) is 36.0 Å². The number of esters is 1. The van der Waals surface area contributed by atoms with Crippen LogP contribution in [-0.2, 0) is 9.53 Å². The summed E-state index contributed by atoms with van der Waals surface area (Å²) >= 11 is 0. The molecule has 1 aliphatic rings. The first-order valence-electron chi connectivity index (χ1n) is 7.44. The van der Waals surface area contributed by atoms with Gasteiger partial charge in [-0.2, -0.15) is 0 Å². The van der Waals surface area contributed by atoms with E-state index in [0.717, 1.165) is 32.4 Å². The molecule has 1 atom stereocenters. The number of nitro groups is 1. The Morgan fingerprint density at radius 2 is 1.96 bits per heavy atom. The van der Waals surface area contributed by atoms with Crippen molar-refractivity contribution in [2.75, 3.05) is 18.0 Å². The molecule has 0 bridgehead atoms. The lowest BCUT2D eigenvalue weighted by Crippen LogP contribution is -2.31. The zero-order chi connectivity index (χ0) is 17.0. The summed E-state index contributed by atoms with van der Waals surface area (Å²) in [6.45, 7) is 2.85. The van der Waals surface area contributed by atoms with Crippen LogP contribution < -0.4 is 10.6 Å². The van der Waals surface area contributed by atoms with E-state index in [2.05, 4.69) is 0 Å². The van der Waals surface area contributed by atoms with Gasteiger partial charge in [0.2, 0.25) is 0 Å². The molecule has 8 heteroatoms. The first-order chi connectivity index (χ1) is 10.9. The normalized spacial score (nSPS) is 15.8. The summed E-state index contributed by atoms with van der Waals surface area (Å²) in [7, 11) is 0. The number of piperidine rings is 1. The van der Waals surface area contributed by atoms with Gasteiger partial charge in [-0.05, 0) is 38.3 Å². The third-order valence-corrected chi connectivity index (χ3v) is 3.79. The van der Waals surface area contributed by atoms with Gasteiger partial charge in [-0.15, -0.1) is 0 Å². The number of benzene rings is 1. The Kier molecular flexibility index (Phi) is 5.15. The molecule has 1 aliphatic heterocycles. The van der Waals surface area contributed by atoms with E-state index in [0.29, 0.717) is 5.69 Å². The summed E-state index contributed by atoms with van der Waals surface area (Å²) in [5, 5.41) is 11.3. The van der Waals surface area contributed by atoms with Crippen LogP contribution in [0.3, 0.4) is 0 Å². The van der Waals surface area contributed by atoms with Crippen LogP contribution in [0.5, 0.6) is 0 Å². The van der Waals surface area contributed by atoms with Crippen molar-refractivity contribution in [3.05, 3.63) is 33.9 Å². The van der Waals surface area contributed by atoms with Crippen molar-refractivity contribution in [2.24, 2.45) is 5.73 Å². The highest BCUT2D eigenvalue weighted by Gasteiger charge is 2.24. The fourth-order valence-corrected chi connectivity index (χ4v) is 2.49. The smallest absolute Gasteiger partial charge is 0.339 e. The Labute approximate surface area is 133 Å². The Bertz CT molecular complexity index is 626. The maximum Gasteiger partial charge on any atom is 0.339 e. The average Bonchev–Trinajstić information content (AvgIpc) is 2.54. The van der Waals surface area contributed by atoms with Gasteiger partial charge in [0.1, 0.15) is 5.69 Å². The maximum absolute atomic E-state index is 12.0. The van der Waals surface area contributed by atoms with Gasteiger partial charge >= 0.3 is 5.97 Å². The van der Waals surface area contributed by atoms with Crippen molar-refractivity contribution < 1.29 is 19.2 Å². The van der Waals surface area contributed by atoms with Crippen LogP contribution in [0.4, 0.5) is 11.4 Å². The van der Waals surface area contributed by atoms with E-state index in [4.69, 9.17) is 10.5 Å². The number of amides is 1. The van der Waals surface area contributed by atoms with Gasteiger partial charge in [0.25, 0.3) is 11.6 Å². The Balaban J connectivity index is 2.26. The predicted octanol–water partition coefficient (Wildman–Crippen LogP) is 1.62. The third-order valence-electron chi connectivity index (χ3n) is 3.79. The lowest BCUT2D eigenvalue weighted by molar-refractivity contribution is -0.384. The molecule has 2 rings (SSSR count). The summed E-state index contributed by atoms with van der Waals surface area (Å²) in [5.74, 6) is -1.60. The lowest BCUT2D eigenvalue weighted by atomic mass is 10.1. The standard InChI is InChI=1S/C15H19N3O5/c1-10(14(16)19)23-15(20)11-5-6-12(13(9-11)18(21)22)17-7-3-2-4-8-17/h5-6,9-10H,2-4,7-8H2,1H3,(H2,16,19)/t10-/m0/s1. The first kappa shape index (κ1) is 16.7. The number of nitro benzene ring substituents is 1. The van der Waals surface area contributed by atoms with Gasteiger partial charge < -0.3 is 15.4 Å². The molecule has 1 fully saturated rings. The highest BCUT2D eigenvalue weighted by atomic mass is 16.6. The lowest BCUT2D eigenvalue weighted by Gasteiger charge is -2.28. The van der Waals surface area contributed by atoms with Crippen LogP contribution >= 0.6 is 0 Å². The SMILES string of the molecule is C[C@H](OC(=O)c1ccc(N2CCCCC2)c([N+](=O)[O-])c1)C(N)=O. The number of ether oxygens (including phenoxy) is 1. The van der Waals surface area contributed by atoms with Crippen molar-refractivity contribution in [1.29, 1.82) is 0 Å². The van der Waals surface area contributed by atoms with Crippen LogP contribution in [0.2, 0.25) is 0 Å². The Morgan fingerprint density at radius 1 is 1.30 bits per heavy atom. The van der Waals surface area contributed by atoms with E-state index >= 15 is 0 Å². The van der Waals surface area contributed by atoms with Crippen LogP contribution in [0.1, 0.15) is 36.5 Å². The molecule has 124 valence electrons. The molecule has 1 amide bonds. The van der Waals surface area contributed by atoms with E-state index in [9.17, 15) is 19.7 Å². The van der Waals surface area contributed by atoms with Gasteiger partial charge in [-0.1, -0.05) is 0 Å². The number of rotatable bonds is 5. The predicted molar refractivity (Wildman–Crippen MR) is 83.2 cm³/mol. The molecular weight excluding hydrogens is 302 g/mol. The Morgan fingerprint density at radius 3 is 2.52 bits per heavy atom. The van der Waals surface area contributed by atoms with Crippen LogP contribution in [0.15, 0.2) is 18.2 Å². The molecule has 0 aromatic heterocycles. The van der Waals surface area contributed by atoms with Gasteiger partial charge in [0, 0.05) is 19.2 Å². The topological polar surface area (TPSA) is 116 Å². The second-order valence-electron chi connectivity index (χ2n) is 5.46. The van der Waals surface area contributed by atoms with E-state index in [1.165, 1.54) is 19.1 Å². The summed E-state index contributed by atoms with van der Waals surface area (Å²) in [5.41, 5.74) is 5.40. The second kappa shape index (κ2) is 7.08. The molecule has 1 saturated heterocycles. The maximum atomic E-state index is 12.0. The molecule has 1 heterocycles. The molecular formula is C15H19N3O5. The van der Waals surface area contributed by atoms with Gasteiger partial charge in [-0.3, -0.25) is 14.9 Å². The molecule has 0 saturated carbocycles. The van der Waals surface area contributed by atoms with E-state index in [1.807, 2.05) is 4.90 Å². The fraction of sp³-hybridized carbons (Fsp3) is 0.467. The van der Waals surface area contributed by atoms with Crippen molar-refractivity contribution in [1.82, 2.24) is 0 Å². The molecule has 8 nitrogen and oxygen atoms in total. The highest BCUT2D eigenvalue weighted by Crippen LogP contribution is 2.31. The number of carbonyl (C=O) groups excluding carboxylic acids is 2. The monoisotopic (exact) mass is 321 g/mol. The fourth-order valence-electron chi connectivity index (χ4n) is 2.49. The number of anilines is 1. The summed E-state index contributed by atoms with van der Waals surface area (Å²) in [6.07, 6.45) is 1.98. The van der Waals surface area contributed by atoms with E-state index in [-0.39, 0.29) is 11.3 Å². The molecule has 2 N–H and O–H groups in total. The quantitative estimate of drug-likeness (QED) is 0.500. The highest BCUT2D eigenvalue weighted by molar-refractivity contribution is 5.93. The number of nitrogens with two attached hydrogens (primary N) is 1. The minimum atomic E-state index is -1.09.